The molecule has 0 saturated carbocycles. The van der Waals surface area contributed by atoms with Crippen molar-refractivity contribution in [3.8, 4) is 5.75 Å². The molecule has 7 heteroatoms. The average Bonchev–Trinajstić information content (AvgIpc) is 2.39. The van der Waals surface area contributed by atoms with E-state index in [1.165, 1.54) is 6.07 Å². The summed E-state index contributed by atoms with van der Waals surface area (Å²) in [4.78, 5) is 22.1. The second kappa shape index (κ2) is 6.85. The number of nitro groups is 1. The van der Waals surface area contributed by atoms with Crippen LogP contribution < -0.4 is 16.0 Å². The zero-order valence-electron chi connectivity index (χ0n) is 11.8. The van der Waals surface area contributed by atoms with E-state index in [2.05, 4.69) is 0 Å². The van der Waals surface area contributed by atoms with Gasteiger partial charge in [-0.05, 0) is 31.9 Å². The van der Waals surface area contributed by atoms with Crippen LogP contribution in [0.4, 0.5) is 5.69 Å². The molecular weight excluding hydrogens is 262 g/mol. The zero-order chi connectivity index (χ0) is 15.3. The van der Waals surface area contributed by atoms with Gasteiger partial charge in [-0.15, -0.1) is 0 Å². The molecule has 7 nitrogen and oxygen atoms in total. The van der Waals surface area contributed by atoms with E-state index in [-0.39, 0.29) is 5.69 Å². The Hall–Kier alpha value is -2.15. The number of amides is 1. The van der Waals surface area contributed by atoms with Gasteiger partial charge in [0.1, 0.15) is 5.75 Å². The Balaban J connectivity index is 3.09. The third-order valence-electron chi connectivity index (χ3n) is 2.94. The third kappa shape index (κ3) is 3.67. The molecular formula is C13H19N3O4. The van der Waals surface area contributed by atoms with Crippen molar-refractivity contribution in [1.82, 2.24) is 5.43 Å². The minimum Gasteiger partial charge on any atom is -0.480 e. The van der Waals surface area contributed by atoms with Crippen LogP contribution in [0.1, 0.15) is 30.9 Å². The van der Waals surface area contributed by atoms with Crippen molar-refractivity contribution >= 4 is 11.6 Å². The van der Waals surface area contributed by atoms with Gasteiger partial charge in [0.15, 0.2) is 6.10 Å². The van der Waals surface area contributed by atoms with Crippen LogP contribution in [-0.2, 0) is 4.79 Å². The van der Waals surface area contributed by atoms with Crippen LogP contribution >= 0.6 is 0 Å². The number of rotatable bonds is 6. The minimum atomic E-state index is -0.758. The topological polar surface area (TPSA) is 107 Å². The van der Waals surface area contributed by atoms with Crippen molar-refractivity contribution in [2.24, 2.45) is 5.84 Å². The van der Waals surface area contributed by atoms with Crippen LogP contribution in [-0.4, -0.2) is 16.9 Å². The highest BCUT2D eigenvalue weighted by Crippen LogP contribution is 2.29. The van der Waals surface area contributed by atoms with Gasteiger partial charge in [-0.1, -0.05) is 13.3 Å². The first-order valence-corrected chi connectivity index (χ1v) is 6.33. The normalized spacial score (nSPS) is 11.8. The van der Waals surface area contributed by atoms with Gasteiger partial charge in [-0.3, -0.25) is 20.3 Å². The number of benzene rings is 1. The largest absolute Gasteiger partial charge is 0.480 e. The fourth-order valence-electron chi connectivity index (χ4n) is 1.90. The van der Waals surface area contributed by atoms with Crippen molar-refractivity contribution in [3.63, 3.8) is 0 Å². The molecule has 1 rings (SSSR count). The van der Waals surface area contributed by atoms with Crippen LogP contribution in [0.25, 0.3) is 0 Å². The molecule has 110 valence electrons. The quantitative estimate of drug-likeness (QED) is 0.357. The number of nitrogens with two attached hydrogens (primary N) is 1. The first-order valence-electron chi connectivity index (χ1n) is 6.33. The van der Waals surface area contributed by atoms with E-state index >= 15 is 0 Å². The molecule has 0 aromatic heterocycles. The fraction of sp³-hybridized carbons (Fsp3) is 0.462. The molecule has 0 spiro atoms. The Morgan fingerprint density at radius 3 is 2.60 bits per heavy atom. The predicted octanol–water partition coefficient (Wildman–Crippen LogP) is 1.75. The Labute approximate surface area is 117 Å². The van der Waals surface area contributed by atoms with E-state index in [0.717, 1.165) is 12.0 Å². The van der Waals surface area contributed by atoms with E-state index in [1.54, 1.807) is 19.9 Å². The molecule has 0 bridgehead atoms. The van der Waals surface area contributed by atoms with E-state index in [9.17, 15) is 14.9 Å². The van der Waals surface area contributed by atoms with Crippen molar-refractivity contribution in [2.75, 3.05) is 0 Å². The predicted molar refractivity (Wildman–Crippen MR) is 74.2 cm³/mol. The minimum absolute atomic E-state index is 0.0333. The first-order chi connectivity index (χ1) is 9.40. The lowest BCUT2D eigenvalue weighted by atomic mass is 10.1. The summed E-state index contributed by atoms with van der Waals surface area (Å²) >= 11 is 0. The monoisotopic (exact) mass is 281 g/mol. The number of hydrogen-bond donors (Lipinski definition) is 2. The number of hydrogen-bond acceptors (Lipinski definition) is 5. The second-order valence-electron chi connectivity index (χ2n) is 4.57. The molecule has 0 fully saturated rings. The molecule has 1 unspecified atom stereocenters. The molecule has 0 aliphatic carbocycles. The smallest absolute Gasteiger partial charge is 0.276 e. The number of nitro benzene ring substituents is 1. The Morgan fingerprint density at radius 2 is 2.10 bits per heavy atom. The van der Waals surface area contributed by atoms with Crippen molar-refractivity contribution in [1.29, 1.82) is 0 Å². The molecule has 0 aliphatic heterocycles. The van der Waals surface area contributed by atoms with E-state index in [4.69, 9.17) is 10.6 Å². The molecule has 0 heterocycles. The molecule has 0 aliphatic rings. The number of carbonyl (C=O) groups is 1. The Bertz CT molecular complexity index is 517. The van der Waals surface area contributed by atoms with Gasteiger partial charge < -0.3 is 4.74 Å². The summed E-state index contributed by atoms with van der Waals surface area (Å²) in [6.45, 7) is 5.34. The maximum absolute atomic E-state index is 11.6. The summed E-state index contributed by atoms with van der Waals surface area (Å²) in [5.41, 5.74) is 3.29. The second-order valence-corrected chi connectivity index (χ2v) is 4.57. The summed E-state index contributed by atoms with van der Waals surface area (Å²) in [6.07, 6.45) is 0.445. The number of aryl methyl sites for hydroxylation is 2. The van der Waals surface area contributed by atoms with Crippen LogP contribution in [0.5, 0.6) is 5.75 Å². The third-order valence-corrected chi connectivity index (χ3v) is 2.94. The van der Waals surface area contributed by atoms with Crippen molar-refractivity contribution in [3.05, 3.63) is 33.4 Å². The molecule has 0 saturated heterocycles. The van der Waals surface area contributed by atoms with E-state index < -0.39 is 16.9 Å². The van der Waals surface area contributed by atoms with Gasteiger partial charge >= 0.3 is 0 Å². The lowest BCUT2D eigenvalue weighted by Crippen LogP contribution is -2.42. The Morgan fingerprint density at radius 1 is 1.45 bits per heavy atom. The molecule has 1 aromatic rings. The lowest BCUT2D eigenvalue weighted by Gasteiger charge is -2.18. The molecule has 1 aromatic carbocycles. The van der Waals surface area contributed by atoms with E-state index in [1.807, 2.05) is 12.3 Å². The molecule has 3 N–H and O–H groups in total. The highest BCUT2D eigenvalue weighted by Gasteiger charge is 2.21. The van der Waals surface area contributed by atoms with Crippen LogP contribution in [0.3, 0.4) is 0 Å². The molecule has 1 amide bonds. The van der Waals surface area contributed by atoms with Crippen LogP contribution in [0.15, 0.2) is 12.1 Å². The van der Waals surface area contributed by atoms with Crippen LogP contribution in [0.2, 0.25) is 0 Å². The fourth-order valence-corrected chi connectivity index (χ4v) is 1.90. The molecule has 20 heavy (non-hydrogen) atoms. The molecule has 0 radical (unpaired) electrons. The zero-order valence-corrected chi connectivity index (χ0v) is 11.8. The maximum atomic E-state index is 11.6. The average molecular weight is 281 g/mol. The highest BCUT2D eigenvalue weighted by atomic mass is 16.6. The standard InChI is InChI=1S/C13H19N3O4/c1-4-5-11(13(17)15-14)20-12-7-10(16(18)19)8(2)6-9(12)3/h6-7,11H,4-5,14H2,1-3H3,(H,15,17). The van der Waals surface area contributed by atoms with E-state index in [0.29, 0.717) is 17.7 Å². The summed E-state index contributed by atoms with van der Waals surface area (Å²) < 4.78 is 5.59. The number of nitrogens with zero attached hydrogens (tertiary/aromatic N) is 1. The number of hydrazine groups is 1. The summed E-state index contributed by atoms with van der Waals surface area (Å²) in [5.74, 6) is 4.98. The SMILES string of the molecule is CCCC(Oc1cc([N+](=O)[O-])c(C)cc1C)C(=O)NN. The maximum Gasteiger partial charge on any atom is 0.276 e. The number of nitrogens with one attached hydrogen (secondary N) is 1. The van der Waals surface area contributed by atoms with Gasteiger partial charge in [0, 0.05) is 5.56 Å². The van der Waals surface area contributed by atoms with Gasteiger partial charge in [0.25, 0.3) is 11.6 Å². The van der Waals surface area contributed by atoms with Crippen LogP contribution in [0, 0.1) is 24.0 Å². The molecule has 1 atom stereocenters. The summed E-state index contributed by atoms with van der Waals surface area (Å²) in [5, 5.41) is 10.9. The van der Waals surface area contributed by atoms with Gasteiger partial charge in [-0.2, -0.15) is 0 Å². The highest BCUT2D eigenvalue weighted by molar-refractivity contribution is 5.80. The van der Waals surface area contributed by atoms with Crippen molar-refractivity contribution < 1.29 is 14.5 Å². The van der Waals surface area contributed by atoms with Gasteiger partial charge in [0.2, 0.25) is 0 Å². The van der Waals surface area contributed by atoms with Gasteiger partial charge in [-0.25, -0.2) is 5.84 Å². The lowest BCUT2D eigenvalue weighted by molar-refractivity contribution is -0.385. The van der Waals surface area contributed by atoms with Gasteiger partial charge in [0.05, 0.1) is 11.0 Å². The van der Waals surface area contributed by atoms with Crippen molar-refractivity contribution in [2.45, 2.75) is 39.7 Å². The summed E-state index contributed by atoms with van der Waals surface area (Å²) in [7, 11) is 0. The number of ether oxygens (including phenoxy) is 1. The number of carbonyl (C=O) groups excluding carboxylic acids is 1. The first kappa shape index (κ1) is 15.9. The Kier molecular flexibility index (Phi) is 5.45. The summed E-state index contributed by atoms with van der Waals surface area (Å²) in [6, 6.07) is 3.01.